The monoisotopic (exact) mass is 341 g/mol. The minimum atomic E-state index is 0.0198. The van der Waals surface area contributed by atoms with Gasteiger partial charge in [-0.3, -0.25) is 9.20 Å². The highest BCUT2D eigenvalue weighted by Crippen LogP contribution is 2.33. The van der Waals surface area contributed by atoms with Gasteiger partial charge in [0.25, 0.3) is 5.91 Å². The number of aryl methyl sites for hydroxylation is 2. The smallest absolute Gasteiger partial charge is 0.266 e. The molecule has 0 aromatic carbocycles. The third-order valence-electron chi connectivity index (χ3n) is 4.65. The van der Waals surface area contributed by atoms with Crippen LogP contribution >= 0.6 is 11.3 Å². The van der Waals surface area contributed by atoms with Crippen molar-refractivity contribution in [2.24, 2.45) is 0 Å². The SMILES string of the molecule is Cc1ncsc1C(=O)N1CCCCC1c1cc2cncn2c(C)n1. The largest absolute Gasteiger partial charge is 0.329 e. The van der Waals surface area contributed by atoms with Gasteiger partial charge < -0.3 is 4.90 Å². The Labute approximate surface area is 144 Å². The van der Waals surface area contributed by atoms with Crippen LogP contribution in [-0.2, 0) is 0 Å². The average Bonchev–Trinajstić information content (AvgIpc) is 3.23. The van der Waals surface area contributed by atoms with Crippen LogP contribution in [0.25, 0.3) is 5.52 Å². The van der Waals surface area contributed by atoms with E-state index in [0.29, 0.717) is 0 Å². The lowest BCUT2D eigenvalue weighted by Crippen LogP contribution is -2.39. The fraction of sp³-hybridized carbons (Fsp3) is 0.412. The number of hydrogen-bond donors (Lipinski definition) is 0. The molecule has 3 aromatic heterocycles. The summed E-state index contributed by atoms with van der Waals surface area (Å²) in [6.45, 7) is 4.63. The van der Waals surface area contributed by atoms with Gasteiger partial charge in [0.15, 0.2) is 0 Å². The van der Waals surface area contributed by atoms with Crippen molar-refractivity contribution >= 4 is 22.8 Å². The van der Waals surface area contributed by atoms with Crippen LogP contribution < -0.4 is 0 Å². The van der Waals surface area contributed by atoms with Crippen molar-refractivity contribution in [3.63, 3.8) is 0 Å². The predicted molar refractivity (Wildman–Crippen MR) is 92.2 cm³/mol. The number of nitrogens with zero attached hydrogens (tertiary/aromatic N) is 5. The molecule has 0 radical (unpaired) electrons. The third-order valence-corrected chi connectivity index (χ3v) is 5.56. The zero-order valence-corrected chi connectivity index (χ0v) is 14.6. The summed E-state index contributed by atoms with van der Waals surface area (Å²) in [5.74, 6) is 0.972. The molecule has 0 saturated carbocycles. The molecule has 4 heterocycles. The second-order valence-corrected chi connectivity index (χ2v) is 7.05. The Bertz CT molecular complexity index is 899. The number of imidazole rings is 1. The van der Waals surface area contributed by atoms with Crippen LogP contribution in [0.4, 0.5) is 0 Å². The normalized spacial score (nSPS) is 18.2. The molecular formula is C17H19N5OS. The molecule has 1 atom stereocenters. The van der Waals surface area contributed by atoms with Gasteiger partial charge in [-0.15, -0.1) is 11.3 Å². The maximum Gasteiger partial charge on any atom is 0.266 e. The van der Waals surface area contributed by atoms with Gasteiger partial charge in [-0.25, -0.2) is 15.0 Å². The van der Waals surface area contributed by atoms with Crippen molar-refractivity contribution in [1.82, 2.24) is 24.3 Å². The first kappa shape index (κ1) is 15.3. The highest BCUT2D eigenvalue weighted by atomic mass is 32.1. The molecule has 7 heteroatoms. The van der Waals surface area contributed by atoms with Crippen LogP contribution in [0.2, 0.25) is 0 Å². The lowest BCUT2D eigenvalue weighted by atomic mass is 9.98. The van der Waals surface area contributed by atoms with Crippen LogP contribution in [-0.4, -0.2) is 36.7 Å². The van der Waals surface area contributed by atoms with E-state index in [2.05, 4.69) is 16.0 Å². The topological polar surface area (TPSA) is 63.4 Å². The standard InChI is InChI=1S/C17H19N5OS/c1-11-16(24-10-19-11)17(23)21-6-4-3-5-15(21)14-7-13-8-18-9-22(13)12(2)20-14/h7-10,15H,3-6H2,1-2H3. The first-order chi connectivity index (χ1) is 11.6. The summed E-state index contributed by atoms with van der Waals surface area (Å²) in [6, 6.07) is 2.07. The number of rotatable bonds is 2. The number of fused-ring (bicyclic) bond motifs is 1. The number of carbonyl (C=O) groups excluding carboxylic acids is 1. The molecule has 0 spiro atoms. The number of thiazole rings is 1. The van der Waals surface area contributed by atoms with Gasteiger partial charge in [0.1, 0.15) is 17.0 Å². The molecule has 1 saturated heterocycles. The van der Waals surface area contributed by atoms with Crippen LogP contribution in [0, 0.1) is 13.8 Å². The van der Waals surface area contributed by atoms with Crippen molar-refractivity contribution in [1.29, 1.82) is 0 Å². The third kappa shape index (κ3) is 2.49. The highest BCUT2D eigenvalue weighted by Gasteiger charge is 2.31. The van der Waals surface area contributed by atoms with E-state index in [1.165, 1.54) is 11.3 Å². The molecule has 0 N–H and O–H groups in total. The van der Waals surface area contributed by atoms with E-state index in [0.717, 1.165) is 53.4 Å². The summed E-state index contributed by atoms with van der Waals surface area (Å²) >= 11 is 1.42. The molecular weight excluding hydrogens is 322 g/mol. The molecule has 4 rings (SSSR count). The second kappa shape index (κ2) is 5.98. The van der Waals surface area contributed by atoms with Crippen molar-refractivity contribution in [3.8, 4) is 0 Å². The van der Waals surface area contributed by atoms with Gasteiger partial charge >= 0.3 is 0 Å². The van der Waals surface area contributed by atoms with E-state index in [-0.39, 0.29) is 11.9 Å². The van der Waals surface area contributed by atoms with Crippen molar-refractivity contribution in [2.45, 2.75) is 39.2 Å². The lowest BCUT2D eigenvalue weighted by Gasteiger charge is -2.35. The molecule has 124 valence electrons. The van der Waals surface area contributed by atoms with E-state index in [1.807, 2.05) is 29.3 Å². The van der Waals surface area contributed by atoms with Gasteiger partial charge in [-0.2, -0.15) is 0 Å². The number of amides is 1. The number of piperidine rings is 1. The maximum atomic E-state index is 13.0. The quantitative estimate of drug-likeness (QED) is 0.718. The van der Waals surface area contributed by atoms with Crippen LogP contribution in [0.5, 0.6) is 0 Å². The molecule has 0 aliphatic carbocycles. The average molecular weight is 341 g/mol. The van der Waals surface area contributed by atoms with Gasteiger partial charge in [0.2, 0.25) is 0 Å². The second-order valence-electron chi connectivity index (χ2n) is 6.19. The fourth-order valence-electron chi connectivity index (χ4n) is 3.40. The van der Waals surface area contributed by atoms with Gasteiger partial charge in [0, 0.05) is 6.54 Å². The molecule has 24 heavy (non-hydrogen) atoms. The molecule has 6 nitrogen and oxygen atoms in total. The van der Waals surface area contributed by atoms with Crippen molar-refractivity contribution < 1.29 is 4.79 Å². The van der Waals surface area contributed by atoms with E-state index >= 15 is 0 Å². The molecule has 1 fully saturated rings. The van der Waals surface area contributed by atoms with Gasteiger partial charge in [0.05, 0.1) is 34.7 Å². The number of carbonyl (C=O) groups is 1. The van der Waals surface area contributed by atoms with Crippen molar-refractivity contribution in [3.05, 3.63) is 46.2 Å². The summed E-state index contributed by atoms with van der Waals surface area (Å²) in [7, 11) is 0. The van der Waals surface area contributed by atoms with Crippen molar-refractivity contribution in [2.75, 3.05) is 6.54 Å². The Hall–Kier alpha value is -2.28. The summed E-state index contributed by atoms with van der Waals surface area (Å²) < 4.78 is 1.96. The lowest BCUT2D eigenvalue weighted by molar-refractivity contribution is 0.0610. The van der Waals surface area contributed by atoms with Crippen LogP contribution in [0.15, 0.2) is 24.1 Å². The molecule has 1 amide bonds. The summed E-state index contributed by atoms with van der Waals surface area (Å²) in [6.07, 6.45) is 6.70. The van der Waals surface area contributed by atoms with E-state index < -0.39 is 0 Å². The maximum absolute atomic E-state index is 13.0. The van der Waals surface area contributed by atoms with Crippen LogP contribution in [0.1, 0.15) is 52.2 Å². The molecule has 1 aliphatic heterocycles. The predicted octanol–water partition coefficient (Wildman–Crippen LogP) is 3.17. The zero-order chi connectivity index (χ0) is 16.7. The molecule has 1 aliphatic rings. The number of hydrogen-bond acceptors (Lipinski definition) is 5. The number of aromatic nitrogens is 4. The first-order valence-corrected chi connectivity index (χ1v) is 9.04. The van der Waals surface area contributed by atoms with Gasteiger partial charge in [-0.05, 0) is 39.2 Å². The Morgan fingerprint density at radius 3 is 3.00 bits per heavy atom. The summed E-state index contributed by atoms with van der Waals surface area (Å²) in [5, 5.41) is 0. The first-order valence-electron chi connectivity index (χ1n) is 8.16. The van der Waals surface area contributed by atoms with E-state index in [1.54, 1.807) is 11.8 Å². The minimum absolute atomic E-state index is 0.0198. The van der Waals surface area contributed by atoms with Crippen LogP contribution in [0.3, 0.4) is 0 Å². The van der Waals surface area contributed by atoms with E-state index in [9.17, 15) is 4.79 Å². The summed E-state index contributed by atoms with van der Waals surface area (Å²) in [5.41, 5.74) is 4.52. The minimum Gasteiger partial charge on any atom is -0.329 e. The Morgan fingerprint density at radius 1 is 1.33 bits per heavy atom. The Morgan fingerprint density at radius 2 is 2.21 bits per heavy atom. The number of likely N-dealkylation sites (tertiary alicyclic amines) is 1. The zero-order valence-electron chi connectivity index (χ0n) is 13.8. The molecule has 1 unspecified atom stereocenters. The summed E-state index contributed by atoms with van der Waals surface area (Å²) in [4.78, 5) is 28.9. The molecule has 0 bridgehead atoms. The molecule has 3 aromatic rings. The van der Waals surface area contributed by atoms with Gasteiger partial charge in [-0.1, -0.05) is 0 Å². The Balaban J connectivity index is 1.73. The fourth-order valence-corrected chi connectivity index (χ4v) is 4.15. The van der Waals surface area contributed by atoms with E-state index in [4.69, 9.17) is 4.98 Å². The Kier molecular flexibility index (Phi) is 3.80. The highest BCUT2D eigenvalue weighted by molar-refractivity contribution is 7.11.